The molecule has 1 aliphatic heterocycles. The SMILES string of the molecule is CCC1(CNCC2(CN)CCOCC2)CCCC1. The molecule has 1 saturated carbocycles. The van der Waals surface area contributed by atoms with E-state index in [4.69, 9.17) is 10.5 Å². The van der Waals surface area contributed by atoms with E-state index in [1.807, 2.05) is 0 Å². The average molecular weight is 254 g/mol. The molecular weight excluding hydrogens is 224 g/mol. The Balaban J connectivity index is 1.79. The van der Waals surface area contributed by atoms with Crippen LogP contribution in [0.5, 0.6) is 0 Å². The normalized spacial score (nSPS) is 26.3. The second-order valence-electron chi connectivity index (χ2n) is 6.48. The summed E-state index contributed by atoms with van der Waals surface area (Å²) in [7, 11) is 0. The summed E-state index contributed by atoms with van der Waals surface area (Å²) >= 11 is 0. The van der Waals surface area contributed by atoms with Crippen molar-refractivity contribution in [2.45, 2.75) is 51.9 Å². The van der Waals surface area contributed by atoms with Gasteiger partial charge >= 0.3 is 0 Å². The van der Waals surface area contributed by atoms with Gasteiger partial charge in [0.05, 0.1) is 0 Å². The van der Waals surface area contributed by atoms with Gasteiger partial charge in [0.15, 0.2) is 0 Å². The van der Waals surface area contributed by atoms with Gasteiger partial charge in [0.25, 0.3) is 0 Å². The van der Waals surface area contributed by atoms with Gasteiger partial charge in [-0.05, 0) is 49.5 Å². The Morgan fingerprint density at radius 1 is 1.00 bits per heavy atom. The molecule has 2 fully saturated rings. The minimum atomic E-state index is 0.297. The summed E-state index contributed by atoms with van der Waals surface area (Å²) in [5.74, 6) is 0. The summed E-state index contributed by atoms with van der Waals surface area (Å²) in [4.78, 5) is 0. The fraction of sp³-hybridized carbons (Fsp3) is 1.00. The monoisotopic (exact) mass is 254 g/mol. The van der Waals surface area contributed by atoms with Crippen LogP contribution in [0.1, 0.15) is 51.9 Å². The van der Waals surface area contributed by atoms with E-state index in [1.165, 1.54) is 38.6 Å². The largest absolute Gasteiger partial charge is 0.381 e. The number of ether oxygens (including phenoxy) is 1. The van der Waals surface area contributed by atoms with Gasteiger partial charge in [0.1, 0.15) is 0 Å². The topological polar surface area (TPSA) is 47.3 Å². The van der Waals surface area contributed by atoms with E-state index in [9.17, 15) is 0 Å². The zero-order valence-corrected chi connectivity index (χ0v) is 12.0. The van der Waals surface area contributed by atoms with Crippen LogP contribution in [0.15, 0.2) is 0 Å². The molecule has 18 heavy (non-hydrogen) atoms. The Bertz CT molecular complexity index is 243. The highest BCUT2D eigenvalue weighted by atomic mass is 16.5. The molecule has 1 aliphatic carbocycles. The van der Waals surface area contributed by atoms with E-state index in [1.54, 1.807) is 0 Å². The minimum Gasteiger partial charge on any atom is -0.381 e. The molecule has 2 rings (SSSR count). The first-order valence-corrected chi connectivity index (χ1v) is 7.73. The Hall–Kier alpha value is -0.120. The smallest absolute Gasteiger partial charge is 0.0472 e. The first kappa shape index (κ1) is 14.3. The molecule has 0 aromatic heterocycles. The molecule has 0 amide bonds. The van der Waals surface area contributed by atoms with Gasteiger partial charge < -0.3 is 15.8 Å². The molecular formula is C15H30N2O. The van der Waals surface area contributed by atoms with Crippen molar-refractivity contribution in [3.05, 3.63) is 0 Å². The maximum absolute atomic E-state index is 6.00. The van der Waals surface area contributed by atoms with Gasteiger partial charge in [0, 0.05) is 26.3 Å². The zero-order chi connectivity index (χ0) is 12.9. The molecule has 1 saturated heterocycles. The second kappa shape index (κ2) is 6.36. The molecule has 3 heteroatoms. The van der Waals surface area contributed by atoms with Crippen molar-refractivity contribution < 1.29 is 4.74 Å². The van der Waals surface area contributed by atoms with Crippen molar-refractivity contribution in [2.24, 2.45) is 16.6 Å². The highest BCUT2D eigenvalue weighted by Crippen LogP contribution is 2.40. The van der Waals surface area contributed by atoms with Crippen molar-refractivity contribution in [3.63, 3.8) is 0 Å². The number of hydrogen-bond donors (Lipinski definition) is 2. The van der Waals surface area contributed by atoms with Crippen LogP contribution < -0.4 is 11.1 Å². The fourth-order valence-electron chi connectivity index (χ4n) is 3.63. The first-order chi connectivity index (χ1) is 8.74. The first-order valence-electron chi connectivity index (χ1n) is 7.73. The van der Waals surface area contributed by atoms with Crippen LogP contribution in [0, 0.1) is 10.8 Å². The number of rotatable bonds is 6. The summed E-state index contributed by atoms with van der Waals surface area (Å²) in [6.07, 6.45) is 9.23. The predicted octanol–water partition coefficient (Wildman–Crippen LogP) is 2.30. The zero-order valence-electron chi connectivity index (χ0n) is 12.0. The summed E-state index contributed by atoms with van der Waals surface area (Å²) in [5.41, 5.74) is 6.88. The Morgan fingerprint density at radius 2 is 1.61 bits per heavy atom. The second-order valence-corrected chi connectivity index (χ2v) is 6.48. The molecule has 1 heterocycles. The van der Waals surface area contributed by atoms with Crippen LogP contribution in [-0.2, 0) is 4.74 Å². The lowest BCUT2D eigenvalue weighted by Crippen LogP contribution is -2.46. The van der Waals surface area contributed by atoms with Gasteiger partial charge in [-0.25, -0.2) is 0 Å². The Kier molecular flexibility index (Phi) is 5.05. The van der Waals surface area contributed by atoms with Gasteiger partial charge in [-0.15, -0.1) is 0 Å². The highest BCUT2D eigenvalue weighted by Gasteiger charge is 2.34. The Morgan fingerprint density at radius 3 is 2.17 bits per heavy atom. The lowest BCUT2D eigenvalue weighted by Gasteiger charge is -2.38. The van der Waals surface area contributed by atoms with Gasteiger partial charge in [-0.3, -0.25) is 0 Å². The van der Waals surface area contributed by atoms with Gasteiger partial charge in [-0.2, -0.15) is 0 Å². The number of nitrogens with one attached hydrogen (secondary N) is 1. The third-order valence-corrected chi connectivity index (χ3v) is 5.40. The van der Waals surface area contributed by atoms with Crippen LogP contribution in [-0.4, -0.2) is 32.8 Å². The molecule has 0 bridgehead atoms. The van der Waals surface area contributed by atoms with Crippen molar-refractivity contribution in [1.29, 1.82) is 0 Å². The van der Waals surface area contributed by atoms with Crippen LogP contribution in [0.3, 0.4) is 0 Å². The quantitative estimate of drug-likeness (QED) is 0.764. The van der Waals surface area contributed by atoms with E-state index < -0.39 is 0 Å². The van der Waals surface area contributed by atoms with E-state index in [2.05, 4.69) is 12.2 Å². The maximum atomic E-state index is 6.00. The van der Waals surface area contributed by atoms with Crippen LogP contribution in [0.2, 0.25) is 0 Å². The third kappa shape index (κ3) is 3.25. The lowest BCUT2D eigenvalue weighted by atomic mass is 9.79. The van der Waals surface area contributed by atoms with Crippen LogP contribution >= 0.6 is 0 Å². The third-order valence-electron chi connectivity index (χ3n) is 5.40. The molecule has 2 aliphatic rings. The van der Waals surface area contributed by atoms with Crippen LogP contribution in [0.25, 0.3) is 0 Å². The minimum absolute atomic E-state index is 0.297. The molecule has 0 radical (unpaired) electrons. The highest BCUT2D eigenvalue weighted by molar-refractivity contribution is 4.89. The Labute approximate surface area is 112 Å². The molecule has 0 spiro atoms. The molecule has 0 aromatic rings. The standard InChI is InChI=1S/C15H30N2O/c1-2-14(5-3-4-6-14)12-17-13-15(11-16)7-9-18-10-8-15/h17H,2-13,16H2,1H3. The summed E-state index contributed by atoms with van der Waals surface area (Å²) in [6.45, 7) is 7.18. The van der Waals surface area contributed by atoms with E-state index >= 15 is 0 Å². The maximum Gasteiger partial charge on any atom is 0.0472 e. The van der Waals surface area contributed by atoms with E-state index in [0.717, 1.165) is 39.1 Å². The molecule has 106 valence electrons. The molecule has 0 atom stereocenters. The predicted molar refractivity (Wildman–Crippen MR) is 75.6 cm³/mol. The fourth-order valence-corrected chi connectivity index (χ4v) is 3.63. The summed E-state index contributed by atoms with van der Waals surface area (Å²) < 4.78 is 5.46. The van der Waals surface area contributed by atoms with Gasteiger partial charge in [0.2, 0.25) is 0 Å². The summed E-state index contributed by atoms with van der Waals surface area (Å²) in [6, 6.07) is 0. The molecule has 0 unspecified atom stereocenters. The van der Waals surface area contributed by atoms with Crippen molar-refractivity contribution >= 4 is 0 Å². The summed E-state index contributed by atoms with van der Waals surface area (Å²) in [5, 5.41) is 3.74. The van der Waals surface area contributed by atoms with E-state index in [-0.39, 0.29) is 0 Å². The molecule has 3 nitrogen and oxygen atoms in total. The number of hydrogen-bond acceptors (Lipinski definition) is 3. The van der Waals surface area contributed by atoms with Crippen molar-refractivity contribution in [3.8, 4) is 0 Å². The molecule has 0 aromatic carbocycles. The average Bonchev–Trinajstić information content (AvgIpc) is 2.89. The van der Waals surface area contributed by atoms with Crippen molar-refractivity contribution in [2.75, 3.05) is 32.8 Å². The van der Waals surface area contributed by atoms with Gasteiger partial charge in [-0.1, -0.05) is 19.8 Å². The van der Waals surface area contributed by atoms with Crippen LogP contribution in [0.4, 0.5) is 0 Å². The van der Waals surface area contributed by atoms with E-state index in [0.29, 0.717) is 10.8 Å². The van der Waals surface area contributed by atoms with Crippen molar-refractivity contribution in [1.82, 2.24) is 5.32 Å². The molecule has 3 N–H and O–H groups in total. The number of nitrogens with two attached hydrogens (primary N) is 1. The lowest BCUT2D eigenvalue weighted by molar-refractivity contribution is 0.0179.